The van der Waals surface area contributed by atoms with Crippen molar-refractivity contribution in [3.05, 3.63) is 54.1 Å². The van der Waals surface area contributed by atoms with Crippen LogP contribution in [0.25, 0.3) is 22.8 Å². The Morgan fingerprint density at radius 2 is 1.38 bits per heavy atom. The summed E-state index contributed by atoms with van der Waals surface area (Å²) >= 11 is 1.43. The van der Waals surface area contributed by atoms with Crippen molar-refractivity contribution in [1.82, 2.24) is 25.3 Å². The van der Waals surface area contributed by atoms with Crippen LogP contribution in [-0.4, -0.2) is 60.5 Å². The van der Waals surface area contributed by atoms with Crippen LogP contribution >= 0.6 is 0 Å². The van der Waals surface area contributed by atoms with E-state index >= 15 is 0 Å². The number of hydrogen-bond donors (Lipinski definition) is 2. The van der Waals surface area contributed by atoms with Crippen LogP contribution < -0.4 is 3.27 Å². The number of hydrogen-bond acceptors (Lipinski definition) is 7. The number of rotatable bonds is 8. The van der Waals surface area contributed by atoms with Crippen molar-refractivity contribution in [3.8, 4) is 22.8 Å². The zero-order chi connectivity index (χ0) is 20.8. The van der Waals surface area contributed by atoms with Crippen LogP contribution in [0.1, 0.15) is 5.56 Å². The Balaban J connectivity index is 1.84. The predicted octanol–water partition coefficient (Wildman–Crippen LogP) is 0.746. The fourth-order valence-corrected chi connectivity index (χ4v) is 3.73. The van der Waals surface area contributed by atoms with E-state index < -0.39 is 11.9 Å². The van der Waals surface area contributed by atoms with Gasteiger partial charge in [-0.2, -0.15) is 0 Å². The molecule has 9 nitrogen and oxygen atoms in total. The van der Waals surface area contributed by atoms with Gasteiger partial charge in [-0.05, 0) is 0 Å². The molecule has 3 aromatic rings. The maximum atomic E-state index is 11.0. The number of aliphatic carboxylic acids is 2. The second-order valence-corrected chi connectivity index (χ2v) is 7.89. The molecule has 0 bridgehead atoms. The van der Waals surface area contributed by atoms with E-state index in [-0.39, 0.29) is 19.6 Å². The van der Waals surface area contributed by atoms with Crippen molar-refractivity contribution < 1.29 is 44.5 Å². The Hall–Kier alpha value is -2.84. The third-order valence-corrected chi connectivity index (χ3v) is 4.70. The van der Waals surface area contributed by atoms with E-state index in [1.165, 1.54) is 29.6 Å². The van der Waals surface area contributed by atoms with Gasteiger partial charge >= 0.3 is 182 Å². The van der Waals surface area contributed by atoms with Gasteiger partial charge in [-0.25, -0.2) is 0 Å². The quantitative estimate of drug-likeness (QED) is 0.391. The Kier molecular flexibility index (Phi) is 6.90. The van der Waals surface area contributed by atoms with Crippen molar-refractivity contribution in [3.63, 3.8) is 0 Å². The molecular formula is C19H16AtN5O4. The summed E-state index contributed by atoms with van der Waals surface area (Å²) < 4.78 is 0.957. The average Bonchev–Trinajstić information content (AvgIpc) is 2.67. The minimum absolute atomic E-state index is 0.172. The zero-order valence-electron chi connectivity index (χ0n) is 15.1. The molecule has 2 N–H and O–H groups in total. The van der Waals surface area contributed by atoms with Crippen LogP contribution in [0.5, 0.6) is 0 Å². The van der Waals surface area contributed by atoms with Crippen molar-refractivity contribution >= 4 is 15.2 Å². The van der Waals surface area contributed by atoms with Crippen LogP contribution in [0.2, 0.25) is 0 Å². The van der Waals surface area contributed by atoms with Crippen molar-refractivity contribution in [2.24, 2.45) is 0 Å². The van der Waals surface area contributed by atoms with E-state index in [4.69, 9.17) is 10.2 Å². The zero-order valence-corrected chi connectivity index (χ0v) is 18.0. The number of carboxylic acids is 2. The molecule has 0 saturated carbocycles. The molecule has 0 unspecified atom stereocenters. The molecule has 29 heavy (non-hydrogen) atoms. The van der Waals surface area contributed by atoms with Crippen LogP contribution in [0.3, 0.4) is 0 Å². The first-order valence-corrected chi connectivity index (χ1v) is 9.96. The number of carboxylic acid groups (broad SMARTS) is 2. The number of carbonyl (C=O) groups is 2. The van der Waals surface area contributed by atoms with E-state index in [1.807, 2.05) is 42.5 Å². The predicted molar refractivity (Wildman–Crippen MR) is 98.7 cm³/mol. The van der Waals surface area contributed by atoms with Gasteiger partial charge in [-0.3, -0.25) is 0 Å². The van der Waals surface area contributed by atoms with Crippen LogP contribution in [0.15, 0.2) is 48.5 Å². The molecule has 1 heterocycles. The van der Waals surface area contributed by atoms with E-state index in [0.29, 0.717) is 17.2 Å². The van der Waals surface area contributed by atoms with Gasteiger partial charge in [0, 0.05) is 0 Å². The second kappa shape index (κ2) is 9.58. The monoisotopic (exact) mass is 589 g/mol. The number of nitrogens with zero attached hydrogens (tertiary/aromatic N) is 5. The van der Waals surface area contributed by atoms with Gasteiger partial charge in [-0.1, -0.05) is 0 Å². The Morgan fingerprint density at radius 1 is 0.828 bits per heavy atom. The van der Waals surface area contributed by atoms with Gasteiger partial charge in [0.1, 0.15) is 0 Å². The summed E-state index contributed by atoms with van der Waals surface area (Å²) in [6.07, 6.45) is 0. The molecule has 1 aromatic heterocycles. The first-order valence-electron chi connectivity index (χ1n) is 8.49. The van der Waals surface area contributed by atoms with Crippen molar-refractivity contribution in [2.45, 2.75) is 6.54 Å². The molecule has 0 aliphatic carbocycles. The Labute approximate surface area is 181 Å². The summed E-state index contributed by atoms with van der Waals surface area (Å²) in [6.45, 7) is -0.567. The summed E-state index contributed by atoms with van der Waals surface area (Å²) in [5.41, 5.74) is 2.26. The average molecular weight is 589 g/mol. The molecule has 0 spiro atoms. The minimum atomic E-state index is -1.09. The molecule has 148 valence electrons. The fraction of sp³-hybridized carbons (Fsp3) is 0.158. The molecule has 0 fully saturated rings. The van der Waals surface area contributed by atoms with Crippen molar-refractivity contribution in [2.75, 3.05) is 13.1 Å². The standard InChI is InChI=1S/C19H16AtN5O4/c20-15-7-12(9-25(10-16(26)27)11-17(28)29)6-14(8-15)19-23-21-18(22-24-19)13-4-2-1-3-5-13/h1-8H,9-11H2,(H,26,27)(H,28,29)/i20+1. The topological polar surface area (TPSA) is 129 Å². The van der Waals surface area contributed by atoms with Crippen LogP contribution in [0.4, 0.5) is 0 Å². The Morgan fingerprint density at radius 3 is 1.93 bits per heavy atom. The van der Waals surface area contributed by atoms with Gasteiger partial charge in [0.05, 0.1) is 0 Å². The molecular weight excluding hydrogens is 573 g/mol. The van der Waals surface area contributed by atoms with E-state index in [2.05, 4.69) is 20.4 Å². The van der Waals surface area contributed by atoms with E-state index in [9.17, 15) is 9.59 Å². The van der Waals surface area contributed by atoms with Gasteiger partial charge in [0.2, 0.25) is 0 Å². The molecule has 2 aromatic carbocycles. The van der Waals surface area contributed by atoms with Gasteiger partial charge in [-0.15, -0.1) is 0 Å². The van der Waals surface area contributed by atoms with Crippen molar-refractivity contribution in [1.29, 1.82) is 0 Å². The SMILES string of the molecule is O=C(O)CN(CC(=O)O)Cc1cc([211At])cc(-c2nnc(-c3ccccc3)nn2)c1. The molecule has 10 heteroatoms. The number of aromatic nitrogens is 4. The summed E-state index contributed by atoms with van der Waals surface area (Å²) in [7, 11) is 0. The normalized spacial score (nSPS) is 10.8. The molecule has 0 aliphatic heterocycles. The van der Waals surface area contributed by atoms with Gasteiger partial charge in [0.25, 0.3) is 0 Å². The summed E-state index contributed by atoms with van der Waals surface area (Å²) in [6, 6.07) is 14.9. The molecule has 0 atom stereocenters. The second-order valence-electron chi connectivity index (χ2n) is 6.19. The Bertz CT molecular complexity index is 999. The summed E-state index contributed by atoms with van der Waals surface area (Å²) in [4.78, 5) is 23.4. The van der Waals surface area contributed by atoms with E-state index in [1.54, 1.807) is 6.07 Å². The summed E-state index contributed by atoms with van der Waals surface area (Å²) in [5, 5.41) is 34.6. The van der Waals surface area contributed by atoms with Gasteiger partial charge < -0.3 is 0 Å². The molecule has 0 saturated heterocycles. The van der Waals surface area contributed by atoms with Crippen LogP contribution in [0, 0.1) is 24.7 Å². The number of benzene rings is 2. The molecule has 0 radical (unpaired) electrons. The summed E-state index contributed by atoms with van der Waals surface area (Å²) in [5.74, 6) is -1.42. The van der Waals surface area contributed by atoms with Crippen LogP contribution in [-0.2, 0) is 16.1 Å². The van der Waals surface area contributed by atoms with E-state index in [0.717, 1.165) is 14.4 Å². The third-order valence-electron chi connectivity index (χ3n) is 3.85. The molecule has 0 amide bonds. The van der Waals surface area contributed by atoms with Gasteiger partial charge in [0.15, 0.2) is 0 Å². The first kappa shape index (κ1) is 20.9. The molecule has 0 aliphatic rings. The molecule has 3 rings (SSSR count). The fourth-order valence-electron chi connectivity index (χ4n) is 2.73. The first-order chi connectivity index (χ1) is 13.9. The maximum absolute atomic E-state index is 11.0. The third kappa shape index (κ3) is 6.07.